The first kappa shape index (κ1) is 142. The molecule has 8 aliphatic rings. The van der Waals surface area contributed by atoms with Gasteiger partial charge in [-0.05, 0) is 329 Å². The van der Waals surface area contributed by atoms with Crippen LogP contribution in [-0.4, -0.2) is 361 Å². The maximum Gasteiger partial charge on any atom is 0.0126 e. The van der Waals surface area contributed by atoms with Gasteiger partial charge in [-0.15, -0.1) is 0 Å². The van der Waals surface area contributed by atoms with Gasteiger partial charge in [0.05, 0.1) is 0 Å². The molecule has 0 N–H and O–H groups in total. The minimum absolute atomic E-state index is 0.341. The number of rotatable bonds is 35. The minimum atomic E-state index is 0.341. The van der Waals surface area contributed by atoms with Crippen LogP contribution in [0.3, 0.4) is 0 Å². The molecular formula is C130H275N15. The molecule has 0 atom stereocenters. The van der Waals surface area contributed by atoms with E-state index in [4.69, 9.17) is 0 Å². The summed E-state index contributed by atoms with van der Waals surface area (Å²) in [5.41, 5.74) is 6.91. The first-order valence-electron chi connectivity index (χ1n) is 62.0. The summed E-state index contributed by atoms with van der Waals surface area (Å²) in [5, 5.41) is 0. The van der Waals surface area contributed by atoms with E-state index >= 15 is 0 Å². The van der Waals surface area contributed by atoms with Gasteiger partial charge in [-0.2, -0.15) is 0 Å². The van der Waals surface area contributed by atoms with Gasteiger partial charge in [0.1, 0.15) is 0 Å². The van der Waals surface area contributed by atoms with E-state index in [1.165, 1.54) is 422 Å². The molecule has 0 aromatic heterocycles. The molecule has 0 aliphatic carbocycles. The van der Waals surface area contributed by atoms with Crippen LogP contribution < -0.4 is 0 Å². The highest BCUT2D eigenvalue weighted by Crippen LogP contribution is 2.36. The third-order valence-corrected chi connectivity index (χ3v) is 32.2. The van der Waals surface area contributed by atoms with Crippen molar-refractivity contribution in [1.82, 2.24) is 73.5 Å². The highest BCUT2D eigenvalue weighted by Gasteiger charge is 2.37. The zero-order valence-corrected chi connectivity index (χ0v) is 109. The van der Waals surface area contributed by atoms with Crippen LogP contribution in [0, 0.1) is 54.7 Å². The normalized spacial score (nSPS) is 20.1. The molecule has 8 heterocycles. The topological polar surface area (TPSA) is 48.6 Å². The number of hydrogen-bond acceptors (Lipinski definition) is 15. The van der Waals surface area contributed by atoms with Gasteiger partial charge in [-0.1, -0.05) is 277 Å². The van der Waals surface area contributed by atoms with E-state index in [0.717, 1.165) is 5.92 Å². The zero-order chi connectivity index (χ0) is 111. The molecule has 145 heavy (non-hydrogen) atoms. The van der Waals surface area contributed by atoms with E-state index in [1.54, 1.807) is 0 Å². The van der Waals surface area contributed by atoms with Crippen LogP contribution in [0.5, 0.6) is 0 Å². The molecule has 0 saturated carbocycles. The predicted octanol–water partition coefficient (Wildman–Crippen LogP) is 30.7. The van der Waals surface area contributed by atoms with E-state index in [2.05, 4.69) is 406 Å². The third kappa shape index (κ3) is 77.5. The third-order valence-electron chi connectivity index (χ3n) is 32.2. The molecule has 0 unspecified atom stereocenters. The number of nitrogens with zero attached hydrogens (tertiary/aromatic N) is 15. The fraction of sp³-hybridized carbons (Fsp3) is 1.00. The van der Waals surface area contributed by atoms with Crippen LogP contribution >= 0.6 is 0 Å². The number of likely N-dealkylation sites (tertiary alicyclic amines) is 1. The van der Waals surface area contributed by atoms with Crippen molar-refractivity contribution in [3.05, 3.63) is 0 Å². The van der Waals surface area contributed by atoms with Gasteiger partial charge in [-0.3, -0.25) is 34.3 Å². The Bertz CT molecular complexity index is 3070. The second kappa shape index (κ2) is 67.0. The molecule has 8 aliphatic heterocycles. The first-order valence-corrected chi connectivity index (χ1v) is 62.0. The van der Waals surface area contributed by atoms with Crippen LogP contribution in [0.1, 0.15) is 506 Å². The Kier molecular flexibility index (Phi) is 65.8. The van der Waals surface area contributed by atoms with Gasteiger partial charge in [0.25, 0.3) is 0 Å². The molecular weight excluding hydrogens is 1770 g/mol. The largest absolute Gasteiger partial charge is 0.303 e. The van der Waals surface area contributed by atoms with Crippen molar-refractivity contribution in [1.29, 1.82) is 0 Å². The van der Waals surface area contributed by atoms with Gasteiger partial charge in [0, 0.05) is 242 Å². The molecule has 8 rings (SSSR count). The molecule has 0 aromatic rings. The highest BCUT2D eigenvalue weighted by atomic mass is 15.3. The molecule has 8 saturated heterocycles. The van der Waals surface area contributed by atoms with Gasteiger partial charge in [0.2, 0.25) is 0 Å². The molecule has 0 radical (unpaired) electrons. The molecule has 0 amide bonds. The Balaban J connectivity index is 0.000000830. The highest BCUT2D eigenvalue weighted by molar-refractivity contribution is 4.92. The average molecular weight is 2050 g/mol. The number of unbranched alkanes of at least 4 members (excludes halogenated alkanes) is 14. The van der Waals surface area contributed by atoms with Crippen LogP contribution in [0.4, 0.5) is 0 Å². The SMILES string of the molecule is CC(C)(C)CCCCCCCN1CC(C(C)(C)C)C1.CC(C)(C)CCCCCCCN1CCN(C(C)(C)C)CC1.CC(C)(C)CCCCCCN1CCN(C(C)(C)C)CC1.CC(C)(C)CCCCCN1CCN(C(C)(C)C)CC1.CC(C)(C)CCCCN1CCN(C(C)(C)C)CC1.CC(C)(C)CCCN1CCN(C(C)(C)C)CC1.CC(C)(C)CCN1CCN(C(C)(C)C)CC1.CC(C)(C)CN1CCN(C(C)(C)C)CC1. The molecule has 15 heteroatoms. The Morgan fingerprint density at radius 2 is 0.276 bits per heavy atom. The van der Waals surface area contributed by atoms with Gasteiger partial charge in [0.15, 0.2) is 0 Å². The maximum atomic E-state index is 2.66. The zero-order valence-electron chi connectivity index (χ0n) is 109. The maximum absolute atomic E-state index is 2.66. The summed E-state index contributed by atoms with van der Waals surface area (Å²) in [5.74, 6) is 0.930. The smallest absolute Gasteiger partial charge is 0.0126 e. The Morgan fingerprint density at radius 3 is 0.462 bits per heavy atom. The fourth-order valence-electron chi connectivity index (χ4n) is 21.3. The van der Waals surface area contributed by atoms with E-state index in [0.29, 0.717) is 87.5 Å². The van der Waals surface area contributed by atoms with Crippen molar-refractivity contribution in [3.8, 4) is 0 Å². The lowest BCUT2D eigenvalue weighted by Gasteiger charge is -2.46. The lowest BCUT2D eigenvalue weighted by molar-refractivity contribution is 0.0238. The van der Waals surface area contributed by atoms with E-state index in [9.17, 15) is 0 Å². The second-order valence-corrected chi connectivity index (χ2v) is 65.1. The fourth-order valence-corrected chi connectivity index (χ4v) is 21.3. The van der Waals surface area contributed by atoms with Crippen molar-refractivity contribution in [3.63, 3.8) is 0 Å². The predicted molar refractivity (Wildman–Crippen MR) is 654 cm³/mol. The lowest BCUT2D eigenvalue weighted by Crippen LogP contribution is -2.54. The van der Waals surface area contributed by atoms with E-state index < -0.39 is 0 Å². The molecule has 0 aromatic carbocycles. The van der Waals surface area contributed by atoms with E-state index in [1.807, 2.05) is 0 Å². The quantitative estimate of drug-likeness (QED) is 0.0566. The lowest BCUT2D eigenvalue weighted by atomic mass is 9.76. The van der Waals surface area contributed by atoms with Gasteiger partial charge < -0.3 is 39.2 Å². The summed E-state index contributed by atoms with van der Waals surface area (Å²) >= 11 is 0. The molecule has 870 valence electrons. The van der Waals surface area contributed by atoms with Gasteiger partial charge in [-0.25, -0.2) is 0 Å². The van der Waals surface area contributed by atoms with Crippen LogP contribution in [0.2, 0.25) is 0 Å². The van der Waals surface area contributed by atoms with Crippen molar-refractivity contribution >= 4 is 0 Å². The summed E-state index contributed by atoms with van der Waals surface area (Å²) in [6.07, 6.45) is 37.6. The Hall–Kier alpha value is -0.600. The standard InChI is InChI=1S/C19H40N2.C18H38N2.C18H37N.C17H36N2.C16H34N2.C15H32N2.C14H30N2.C13H28N2/c1-18(2,3)12-10-8-7-9-11-13-20-14-16-21(17-15-20)19(4,5)6;1-17(2,3)11-9-7-8-10-12-19-13-15-20(16-14-19)18(4,5)6;1-17(2,3)12-10-8-7-9-11-13-19-14-16(15-19)18(4,5)6;1-16(2,3)10-8-7-9-11-18-12-14-19(15-13-18)17(4,5)6;1-15(2,3)9-7-8-10-17-11-13-18(14-12-17)16(4,5)6;1-14(2,3)8-7-9-16-10-12-17(13-11-16)15(4,5)6;1-13(2,3)7-8-15-9-11-16(12-10-15)14(4,5)6;1-12(2,3)11-14-7-9-15(10-8-14)13(4,5)6/h7-17H2,1-6H3;7-16H2,1-6H3;16H,7-15H2,1-6H3;7-15H2,1-6H3;7-14H2,1-6H3;7-13H2,1-6H3;7-12H2,1-6H3;7-11H2,1-6H3. The van der Waals surface area contributed by atoms with E-state index in [-0.39, 0.29) is 0 Å². The van der Waals surface area contributed by atoms with Gasteiger partial charge >= 0.3 is 0 Å². The van der Waals surface area contributed by atoms with Crippen LogP contribution in [0.15, 0.2) is 0 Å². The van der Waals surface area contributed by atoms with Crippen molar-refractivity contribution in [2.75, 3.05) is 249 Å². The van der Waals surface area contributed by atoms with Crippen molar-refractivity contribution in [2.45, 2.75) is 544 Å². The second-order valence-electron chi connectivity index (χ2n) is 65.1. The Labute approximate surface area is 915 Å². The molecule has 0 bridgehead atoms. The van der Waals surface area contributed by atoms with Crippen LogP contribution in [0.25, 0.3) is 0 Å². The first-order chi connectivity index (χ1) is 66.0. The molecule has 15 nitrogen and oxygen atoms in total. The minimum Gasteiger partial charge on any atom is -0.303 e. The summed E-state index contributed by atoms with van der Waals surface area (Å²) in [6, 6.07) is 0. The summed E-state index contributed by atoms with van der Waals surface area (Å²) in [7, 11) is 0. The molecule has 0 spiro atoms. The monoisotopic (exact) mass is 2050 g/mol. The van der Waals surface area contributed by atoms with Crippen LogP contribution in [-0.2, 0) is 0 Å². The number of hydrogen-bond donors (Lipinski definition) is 0. The number of piperazine rings is 7. The van der Waals surface area contributed by atoms with Crippen molar-refractivity contribution in [2.24, 2.45) is 54.7 Å². The summed E-state index contributed by atoms with van der Waals surface area (Å²) < 4.78 is 0. The summed E-state index contributed by atoms with van der Waals surface area (Å²) in [4.78, 5) is 39.4. The molecule has 8 fully saturated rings. The average Bonchev–Trinajstić information content (AvgIpc) is 0.814. The van der Waals surface area contributed by atoms with Crippen molar-refractivity contribution < 1.29 is 0 Å². The summed E-state index contributed by atoms with van der Waals surface area (Å²) in [6.45, 7) is 160. The Morgan fingerprint density at radius 1 is 0.131 bits per heavy atom.